The largest absolute Gasteiger partial charge is 0.390 e. The quantitative estimate of drug-likeness (QED) is 0.840. The van der Waals surface area contributed by atoms with E-state index in [0.717, 1.165) is 18.5 Å². The van der Waals surface area contributed by atoms with Crippen molar-refractivity contribution in [2.75, 3.05) is 20.1 Å². The van der Waals surface area contributed by atoms with Crippen LogP contribution in [0, 0.1) is 0 Å². The number of nitrogens with one attached hydrogen (secondary N) is 1. The number of hydrogen-bond donors (Lipinski definition) is 2. The van der Waals surface area contributed by atoms with Gasteiger partial charge >= 0.3 is 0 Å². The highest BCUT2D eigenvalue weighted by molar-refractivity contribution is 5.93. The van der Waals surface area contributed by atoms with Gasteiger partial charge in [0.25, 0.3) is 5.91 Å². The Kier molecular flexibility index (Phi) is 3.33. The number of aromatic nitrogens is 1. The third-order valence-electron chi connectivity index (χ3n) is 4.44. The molecule has 2 fully saturated rings. The third kappa shape index (κ3) is 2.17. The van der Waals surface area contributed by atoms with E-state index in [-0.39, 0.29) is 11.9 Å². The van der Waals surface area contributed by atoms with E-state index in [0.29, 0.717) is 19.1 Å². The maximum absolute atomic E-state index is 12.6. The normalized spacial score (nSPS) is 27.3. The second kappa shape index (κ2) is 4.98. The Balaban J connectivity index is 1.77. The molecule has 0 bridgehead atoms. The van der Waals surface area contributed by atoms with Crippen LogP contribution in [0.1, 0.15) is 35.8 Å². The Hall–Kier alpha value is -1.33. The maximum Gasteiger partial charge on any atom is 0.270 e. The number of carbonyl (C=O) groups is 1. The van der Waals surface area contributed by atoms with Gasteiger partial charge in [0.2, 0.25) is 0 Å². The van der Waals surface area contributed by atoms with E-state index in [1.807, 2.05) is 18.3 Å². The molecule has 1 aliphatic heterocycles. The van der Waals surface area contributed by atoms with Crippen molar-refractivity contribution in [3.05, 3.63) is 24.0 Å². The summed E-state index contributed by atoms with van der Waals surface area (Å²) in [6.07, 6.45) is 5.09. The third-order valence-corrected chi connectivity index (χ3v) is 4.44. The van der Waals surface area contributed by atoms with Crippen LogP contribution < -0.4 is 5.32 Å². The van der Waals surface area contributed by atoms with E-state index in [1.165, 1.54) is 6.42 Å². The number of carbonyl (C=O) groups excluding carboxylic acids is 1. The van der Waals surface area contributed by atoms with Crippen molar-refractivity contribution in [1.29, 1.82) is 0 Å². The fourth-order valence-corrected chi connectivity index (χ4v) is 2.94. The lowest BCUT2D eigenvalue weighted by Gasteiger charge is -2.31. The van der Waals surface area contributed by atoms with Gasteiger partial charge in [0.1, 0.15) is 5.69 Å². The summed E-state index contributed by atoms with van der Waals surface area (Å²) in [6.45, 7) is 1.22. The van der Waals surface area contributed by atoms with Gasteiger partial charge in [0, 0.05) is 32.4 Å². The number of hydrogen-bond acceptors (Lipinski definition) is 3. The molecule has 1 saturated heterocycles. The van der Waals surface area contributed by atoms with Crippen LogP contribution in [0.3, 0.4) is 0 Å². The van der Waals surface area contributed by atoms with Crippen LogP contribution in [0.4, 0.5) is 0 Å². The summed E-state index contributed by atoms with van der Waals surface area (Å²) in [5, 5.41) is 13.0. The van der Waals surface area contributed by atoms with Crippen molar-refractivity contribution in [3.63, 3.8) is 0 Å². The molecule has 1 aromatic heterocycles. The Labute approximate surface area is 113 Å². The fraction of sp³-hybridized carbons (Fsp3) is 0.643. The van der Waals surface area contributed by atoms with Crippen molar-refractivity contribution >= 4 is 5.91 Å². The zero-order valence-electron chi connectivity index (χ0n) is 11.2. The molecule has 5 nitrogen and oxygen atoms in total. The van der Waals surface area contributed by atoms with Crippen molar-refractivity contribution in [1.82, 2.24) is 14.8 Å². The smallest absolute Gasteiger partial charge is 0.270 e. The molecule has 5 heteroatoms. The van der Waals surface area contributed by atoms with Gasteiger partial charge in [-0.3, -0.25) is 4.79 Å². The highest BCUT2D eigenvalue weighted by Gasteiger charge is 2.33. The van der Waals surface area contributed by atoms with Crippen LogP contribution in [-0.2, 0) is 0 Å². The van der Waals surface area contributed by atoms with Gasteiger partial charge in [0.05, 0.1) is 12.1 Å². The molecule has 0 aromatic carbocycles. The molecule has 1 amide bonds. The average Bonchev–Trinajstić information content (AvgIpc) is 2.94. The highest BCUT2D eigenvalue weighted by atomic mass is 16.3. The van der Waals surface area contributed by atoms with Crippen LogP contribution in [0.2, 0.25) is 0 Å². The number of β-amino-alcohol motifs (C(OH)–C–C–N with tert-alkyl or cyclic N) is 1. The highest BCUT2D eigenvalue weighted by Crippen LogP contribution is 2.33. The second-order valence-electron chi connectivity index (χ2n) is 5.59. The first-order valence-corrected chi connectivity index (χ1v) is 7.01. The Morgan fingerprint density at radius 3 is 2.84 bits per heavy atom. The molecule has 1 saturated carbocycles. The molecule has 2 N–H and O–H groups in total. The van der Waals surface area contributed by atoms with E-state index >= 15 is 0 Å². The number of aliphatic hydroxyl groups excluding tert-OH is 1. The van der Waals surface area contributed by atoms with Gasteiger partial charge in [0.15, 0.2) is 0 Å². The number of aliphatic hydroxyl groups is 1. The minimum Gasteiger partial charge on any atom is -0.390 e. The molecule has 2 atom stereocenters. The van der Waals surface area contributed by atoms with Gasteiger partial charge in [-0.1, -0.05) is 0 Å². The lowest BCUT2D eigenvalue weighted by Crippen LogP contribution is -2.45. The minimum absolute atomic E-state index is 0.00431. The van der Waals surface area contributed by atoms with Gasteiger partial charge in [-0.15, -0.1) is 0 Å². The predicted octanol–water partition coefficient (Wildman–Crippen LogP) is 0.618. The Morgan fingerprint density at radius 2 is 2.26 bits per heavy atom. The van der Waals surface area contributed by atoms with Crippen LogP contribution in [0.5, 0.6) is 0 Å². The second-order valence-corrected chi connectivity index (χ2v) is 5.59. The SMILES string of the molecule is CN(C(=O)c1cccn1C1CCC1)[C@H]1CNC[C@@H]1O. The molecule has 104 valence electrons. The van der Waals surface area contributed by atoms with E-state index in [9.17, 15) is 9.90 Å². The number of amides is 1. The summed E-state index contributed by atoms with van der Waals surface area (Å²) < 4.78 is 2.09. The van der Waals surface area contributed by atoms with Gasteiger partial charge in [-0.25, -0.2) is 0 Å². The van der Waals surface area contributed by atoms with Crippen molar-refractivity contribution in [3.8, 4) is 0 Å². The van der Waals surface area contributed by atoms with Crippen molar-refractivity contribution in [2.24, 2.45) is 0 Å². The van der Waals surface area contributed by atoms with Crippen LogP contribution in [0.25, 0.3) is 0 Å². The fourth-order valence-electron chi connectivity index (χ4n) is 2.94. The zero-order valence-corrected chi connectivity index (χ0v) is 11.2. The van der Waals surface area contributed by atoms with Gasteiger partial charge < -0.3 is 19.9 Å². The van der Waals surface area contributed by atoms with Crippen LogP contribution in [-0.4, -0.2) is 52.8 Å². The predicted molar refractivity (Wildman–Crippen MR) is 72.1 cm³/mol. The van der Waals surface area contributed by atoms with E-state index in [4.69, 9.17) is 0 Å². The minimum atomic E-state index is -0.471. The summed E-state index contributed by atoms with van der Waals surface area (Å²) in [5.41, 5.74) is 0.742. The number of rotatable bonds is 3. The molecule has 2 heterocycles. The summed E-state index contributed by atoms with van der Waals surface area (Å²) in [6, 6.07) is 4.17. The molecule has 2 aliphatic rings. The standard InChI is InChI=1S/C14H21N3O2/c1-16(12-8-15-9-13(12)18)14(19)11-6-3-7-17(11)10-4-2-5-10/h3,6-7,10,12-13,15,18H,2,4-5,8-9H2,1H3/t12-,13-/m0/s1. The van der Waals surface area contributed by atoms with E-state index in [2.05, 4.69) is 9.88 Å². The summed E-state index contributed by atoms with van der Waals surface area (Å²) >= 11 is 0. The van der Waals surface area contributed by atoms with Crippen LogP contribution in [0.15, 0.2) is 18.3 Å². The molecule has 19 heavy (non-hydrogen) atoms. The molecular weight excluding hydrogens is 242 g/mol. The molecule has 3 rings (SSSR count). The lowest BCUT2D eigenvalue weighted by atomic mass is 9.93. The van der Waals surface area contributed by atoms with E-state index in [1.54, 1.807) is 11.9 Å². The molecule has 1 aliphatic carbocycles. The van der Waals surface area contributed by atoms with Crippen molar-refractivity contribution < 1.29 is 9.90 Å². The molecule has 0 unspecified atom stereocenters. The zero-order chi connectivity index (χ0) is 13.4. The van der Waals surface area contributed by atoms with Gasteiger partial charge in [-0.05, 0) is 31.4 Å². The maximum atomic E-state index is 12.6. The topological polar surface area (TPSA) is 57.5 Å². The number of nitrogens with zero attached hydrogens (tertiary/aromatic N) is 2. The molecule has 1 aromatic rings. The average molecular weight is 263 g/mol. The Bertz CT molecular complexity index is 467. The van der Waals surface area contributed by atoms with Crippen LogP contribution >= 0.6 is 0 Å². The summed E-state index contributed by atoms with van der Waals surface area (Å²) in [5.74, 6) is 0.00431. The first-order valence-electron chi connectivity index (χ1n) is 7.01. The number of likely N-dealkylation sites (N-methyl/N-ethyl adjacent to an activating group) is 1. The van der Waals surface area contributed by atoms with E-state index < -0.39 is 6.10 Å². The van der Waals surface area contributed by atoms with Gasteiger partial charge in [-0.2, -0.15) is 0 Å². The monoisotopic (exact) mass is 263 g/mol. The lowest BCUT2D eigenvalue weighted by molar-refractivity contribution is 0.0566. The Morgan fingerprint density at radius 1 is 1.47 bits per heavy atom. The van der Waals surface area contributed by atoms with Crippen molar-refractivity contribution in [2.45, 2.75) is 37.5 Å². The first-order chi connectivity index (χ1) is 9.18. The first kappa shape index (κ1) is 12.7. The molecule has 0 radical (unpaired) electrons. The summed E-state index contributed by atoms with van der Waals surface area (Å²) in [7, 11) is 1.78. The summed E-state index contributed by atoms with van der Waals surface area (Å²) in [4.78, 5) is 14.2. The molecular formula is C14H21N3O2. The molecule has 0 spiro atoms.